The quantitative estimate of drug-likeness (QED) is 0.518. The van der Waals surface area contributed by atoms with Gasteiger partial charge in [-0.1, -0.05) is 6.07 Å². The molecule has 0 spiro atoms. The van der Waals surface area contributed by atoms with Crippen LogP contribution in [0.2, 0.25) is 0 Å². The molecule has 0 saturated heterocycles. The molecule has 0 heterocycles. The molecule has 2 rings (SSSR count). The van der Waals surface area contributed by atoms with Crippen LogP contribution in [0.5, 0.6) is 5.75 Å². The molecule has 1 fully saturated rings. The lowest BCUT2D eigenvalue weighted by molar-refractivity contribution is -0.172. The predicted molar refractivity (Wildman–Crippen MR) is 104 cm³/mol. The normalized spacial score (nSPS) is 27.2. The number of methoxy groups -OCH3 is 1. The Hall–Kier alpha value is -1.93. The first kappa shape index (κ1) is 22.4. The molecule has 0 aromatic heterocycles. The number of carbonyl (C=O) groups excluding carboxylic acids is 3. The van der Waals surface area contributed by atoms with Crippen LogP contribution in [0.1, 0.15) is 38.7 Å². The molecule has 1 aliphatic rings. The number of halogens is 1. The Morgan fingerprint density at radius 3 is 2.36 bits per heavy atom. The maximum absolute atomic E-state index is 12.8. The van der Waals surface area contributed by atoms with E-state index in [-0.39, 0.29) is 19.6 Å². The van der Waals surface area contributed by atoms with Gasteiger partial charge in [-0.25, -0.2) is 0 Å². The SMILES string of the molecule is CCOC(=O)[C@@H]1C(=O)C[C@](C)(O)[C@H](C(=O)OCC)[C@H]1c1ccc(OC)c(Br)c1. The second-order valence-electron chi connectivity index (χ2n) is 6.88. The van der Waals surface area contributed by atoms with Gasteiger partial charge in [0.15, 0.2) is 5.78 Å². The van der Waals surface area contributed by atoms with Crippen LogP contribution in [0.3, 0.4) is 0 Å². The lowest BCUT2D eigenvalue weighted by Gasteiger charge is -2.43. The number of Topliss-reactive ketones (excluding diaryl/α,β-unsaturated/α-hetero) is 1. The highest BCUT2D eigenvalue weighted by Crippen LogP contribution is 2.47. The summed E-state index contributed by atoms with van der Waals surface area (Å²) >= 11 is 3.39. The van der Waals surface area contributed by atoms with Crippen LogP contribution >= 0.6 is 15.9 Å². The molecule has 7 nitrogen and oxygen atoms in total. The minimum atomic E-state index is -1.66. The number of esters is 2. The first-order chi connectivity index (χ1) is 13.2. The van der Waals surface area contributed by atoms with E-state index in [0.29, 0.717) is 15.8 Å². The van der Waals surface area contributed by atoms with Crippen LogP contribution in [-0.4, -0.2) is 48.8 Å². The third-order valence-corrected chi connectivity index (χ3v) is 5.53. The van der Waals surface area contributed by atoms with Crippen LogP contribution in [0.25, 0.3) is 0 Å². The summed E-state index contributed by atoms with van der Waals surface area (Å²) in [5, 5.41) is 10.9. The van der Waals surface area contributed by atoms with Crippen molar-refractivity contribution in [2.45, 2.75) is 38.7 Å². The minimum absolute atomic E-state index is 0.0993. The van der Waals surface area contributed by atoms with Crippen LogP contribution in [0.4, 0.5) is 0 Å². The maximum Gasteiger partial charge on any atom is 0.317 e. The Balaban J connectivity index is 2.65. The average molecular weight is 457 g/mol. The van der Waals surface area contributed by atoms with Gasteiger partial charge in [0.1, 0.15) is 11.7 Å². The second kappa shape index (κ2) is 9.05. The molecule has 154 valence electrons. The molecule has 0 radical (unpaired) electrons. The molecule has 1 aliphatic carbocycles. The molecular weight excluding hydrogens is 432 g/mol. The van der Waals surface area contributed by atoms with Crippen molar-refractivity contribution in [2.75, 3.05) is 20.3 Å². The fourth-order valence-electron chi connectivity index (χ4n) is 3.77. The first-order valence-electron chi connectivity index (χ1n) is 9.09. The van der Waals surface area contributed by atoms with E-state index in [9.17, 15) is 19.5 Å². The molecule has 1 N–H and O–H groups in total. The summed E-state index contributed by atoms with van der Waals surface area (Å²) in [5.41, 5.74) is -1.14. The van der Waals surface area contributed by atoms with Gasteiger partial charge in [0.25, 0.3) is 0 Å². The van der Waals surface area contributed by atoms with Crippen molar-refractivity contribution in [1.29, 1.82) is 0 Å². The summed E-state index contributed by atoms with van der Waals surface area (Å²) in [5.74, 6) is -4.55. The van der Waals surface area contributed by atoms with E-state index in [4.69, 9.17) is 14.2 Å². The van der Waals surface area contributed by atoms with Gasteiger partial charge in [-0.15, -0.1) is 0 Å². The molecule has 4 atom stereocenters. The van der Waals surface area contributed by atoms with Gasteiger partial charge in [-0.3, -0.25) is 14.4 Å². The van der Waals surface area contributed by atoms with E-state index in [2.05, 4.69) is 15.9 Å². The first-order valence-corrected chi connectivity index (χ1v) is 9.89. The number of carbonyl (C=O) groups is 3. The van der Waals surface area contributed by atoms with Crippen LogP contribution in [0, 0.1) is 11.8 Å². The van der Waals surface area contributed by atoms with Gasteiger partial charge in [0.05, 0.1) is 36.3 Å². The van der Waals surface area contributed by atoms with Gasteiger partial charge < -0.3 is 19.3 Å². The van der Waals surface area contributed by atoms with Crippen molar-refractivity contribution in [1.82, 2.24) is 0 Å². The Kier molecular flexibility index (Phi) is 7.22. The highest BCUT2D eigenvalue weighted by atomic mass is 79.9. The maximum atomic E-state index is 12.8. The van der Waals surface area contributed by atoms with Gasteiger partial charge >= 0.3 is 11.9 Å². The number of hydrogen-bond donors (Lipinski definition) is 1. The van der Waals surface area contributed by atoms with Gasteiger partial charge in [0, 0.05) is 12.3 Å². The summed E-state index contributed by atoms with van der Waals surface area (Å²) < 4.78 is 16.1. The summed E-state index contributed by atoms with van der Waals surface area (Å²) in [7, 11) is 1.51. The fraction of sp³-hybridized carbons (Fsp3) is 0.550. The topological polar surface area (TPSA) is 99.1 Å². The lowest BCUT2D eigenvalue weighted by Crippen LogP contribution is -2.55. The second-order valence-corrected chi connectivity index (χ2v) is 7.73. The van der Waals surface area contributed by atoms with Gasteiger partial charge in [-0.2, -0.15) is 0 Å². The lowest BCUT2D eigenvalue weighted by atomic mass is 9.61. The average Bonchev–Trinajstić information content (AvgIpc) is 2.60. The summed E-state index contributed by atoms with van der Waals surface area (Å²) in [4.78, 5) is 38.2. The van der Waals surface area contributed by atoms with Gasteiger partial charge in [-0.05, 0) is 54.4 Å². The van der Waals surface area contributed by atoms with Crippen LogP contribution in [-0.2, 0) is 23.9 Å². The molecule has 0 amide bonds. The van der Waals surface area contributed by atoms with E-state index in [1.54, 1.807) is 32.0 Å². The molecule has 0 unspecified atom stereocenters. The van der Waals surface area contributed by atoms with Crippen molar-refractivity contribution in [3.05, 3.63) is 28.2 Å². The standard InChI is InChI=1S/C20H25BrO7/c1-5-27-18(23)16-13(22)10-20(3,25)17(19(24)28-6-2)15(16)11-7-8-14(26-4)12(21)9-11/h7-9,15-17,25H,5-6,10H2,1-4H3/t15-,16+,17-,20-/m0/s1. The minimum Gasteiger partial charge on any atom is -0.496 e. The van der Waals surface area contributed by atoms with Crippen LogP contribution in [0.15, 0.2) is 22.7 Å². The molecule has 1 aromatic carbocycles. The smallest absolute Gasteiger partial charge is 0.317 e. The van der Waals surface area contributed by atoms with E-state index >= 15 is 0 Å². The van der Waals surface area contributed by atoms with Crippen LogP contribution < -0.4 is 4.74 Å². The van der Waals surface area contributed by atoms with E-state index in [0.717, 1.165) is 0 Å². The van der Waals surface area contributed by atoms with Gasteiger partial charge in [0.2, 0.25) is 0 Å². The zero-order valence-electron chi connectivity index (χ0n) is 16.4. The number of ether oxygens (including phenoxy) is 3. The summed E-state index contributed by atoms with van der Waals surface area (Å²) in [6, 6.07) is 5.01. The summed E-state index contributed by atoms with van der Waals surface area (Å²) in [6.45, 7) is 4.93. The monoisotopic (exact) mass is 456 g/mol. The number of benzene rings is 1. The molecule has 1 aromatic rings. The molecular formula is C20H25BrO7. The third-order valence-electron chi connectivity index (χ3n) is 4.91. The number of rotatable bonds is 6. The Morgan fingerprint density at radius 2 is 1.82 bits per heavy atom. The van der Waals surface area contributed by atoms with Crippen molar-refractivity contribution in [3.8, 4) is 5.75 Å². The predicted octanol–water partition coefficient (Wildman–Crippen LogP) is 2.62. The number of ketones is 1. The van der Waals surface area contributed by atoms with Crippen molar-refractivity contribution in [2.24, 2.45) is 11.8 Å². The summed E-state index contributed by atoms with van der Waals surface area (Å²) in [6.07, 6.45) is -0.339. The highest BCUT2D eigenvalue weighted by molar-refractivity contribution is 9.10. The van der Waals surface area contributed by atoms with Crippen molar-refractivity contribution in [3.63, 3.8) is 0 Å². The Bertz CT molecular complexity index is 759. The zero-order chi connectivity index (χ0) is 21.1. The molecule has 8 heteroatoms. The molecule has 0 bridgehead atoms. The van der Waals surface area contributed by atoms with E-state index in [1.807, 2.05) is 0 Å². The Morgan fingerprint density at radius 1 is 1.21 bits per heavy atom. The largest absolute Gasteiger partial charge is 0.496 e. The molecule has 28 heavy (non-hydrogen) atoms. The molecule has 1 saturated carbocycles. The Labute approximate surface area is 172 Å². The van der Waals surface area contributed by atoms with E-state index < -0.39 is 41.1 Å². The highest BCUT2D eigenvalue weighted by Gasteiger charge is 2.57. The molecule has 0 aliphatic heterocycles. The fourth-order valence-corrected chi connectivity index (χ4v) is 4.33. The van der Waals surface area contributed by atoms with Crippen molar-refractivity contribution >= 4 is 33.7 Å². The zero-order valence-corrected chi connectivity index (χ0v) is 17.9. The van der Waals surface area contributed by atoms with E-state index in [1.165, 1.54) is 14.0 Å². The number of hydrogen-bond acceptors (Lipinski definition) is 7. The number of aliphatic hydroxyl groups is 1. The van der Waals surface area contributed by atoms with Crippen molar-refractivity contribution < 1.29 is 33.7 Å². The third kappa shape index (κ3) is 4.38.